The number of hydrogen-bond acceptors (Lipinski definition) is 3. The Bertz CT molecular complexity index is 600. The topological polar surface area (TPSA) is 63.6 Å². The van der Waals surface area contributed by atoms with Crippen molar-refractivity contribution in [3.05, 3.63) is 59.7 Å². The molecule has 0 fully saturated rings. The number of carboxylic acid groups (broad SMARTS) is 1. The predicted molar refractivity (Wildman–Crippen MR) is 90.0 cm³/mol. The summed E-state index contributed by atoms with van der Waals surface area (Å²) in [6.07, 6.45) is 2.16. The predicted octanol–water partition coefficient (Wildman–Crippen LogP) is 4.26. The van der Waals surface area contributed by atoms with Crippen LogP contribution < -0.4 is 4.74 Å². The van der Waals surface area contributed by atoms with Crippen molar-refractivity contribution in [2.45, 2.75) is 33.1 Å². The fourth-order valence-corrected chi connectivity index (χ4v) is 1.94. The lowest BCUT2D eigenvalue weighted by atomic mass is 10.1. The molecule has 0 spiro atoms. The summed E-state index contributed by atoms with van der Waals surface area (Å²) in [5.74, 6) is 0.509. The van der Waals surface area contributed by atoms with Gasteiger partial charge in [0, 0.05) is 6.42 Å². The molecule has 0 aliphatic heterocycles. The summed E-state index contributed by atoms with van der Waals surface area (Å²) in [4.78, 5) is 20.9. The maximum Gasteiger partial charge on any atom is 0.307 e. The average Bonchev–Trinajstić information content (AvgIpc) is 2.57. The van der Waals surface area contributed by atoms with Crippen molar-refractivity contribution in [3.8, 4) is 11.5 Å². The van der Waals surface area contributed by atoms with Crippen molar-refractivity contribution in [2.75, 3.05) is 0 Å². The van der Waals surface area contributed by atoms with Gasteiger partial charge in [0.25, 0.3) is 0 Å². The van der Waals surface area contributed by atoms with E-state index in [4.69, 9.17) is 9.84 Å². The van der Waals surface area contributed by atoms with Gasteiger partial charge in [-0.15, -0.1) is 0 Å². The number of carboxylic acids is 1. The third-order valence-electron chi connectivity index (χ3n) is 2.99. The first-order chi connectivity index (χ1) is 11.2. The van der Waals surface area contributed by atoms with Gasteiger partial charge in [0.2, 0.25) is 0 Å². The van der Waals surface area contributed by atoms with E-state index in [1.165, 1.54) is 0 Å². The number of carbonyl (C=O) groups excluding carboxylic acids is 1. The highest BCUT2D eigenvalue weighted by molar-refractivity contribution is 5.70. The van der Waals surface area contributed by atoms with Gasteiger partial charge in [-0.2, -0.15) is 0 Å². The lowest BCUT2D eigenvalue weighted by molar-refractivity contribution is -0.136. The number of aryl methyl sites for hydroxylation is 1. The molecule has 0 unspecified atom stereocenters. The molecule has 4 heteroatoms. The minimum absolute atomic E-state index is 0.00566. The Balaban J connectivity index is 0.00000127. The van der Waals surface area contributed by atoms with Crippen LogP contribution in [0.15, 0.2) is 48.5 Å². The summed E-state index contributed by atoms with van der Waals surface area (Å²) >= 11 is 0. The van der Waals surface area contributed by atoms with E-state index in [0.29, 0.717) is 17.9 Å². The van der Waals surface area contributed by atoms with E-state index in [1.807, 2.05) is 38.1 Å². The molecule has 0 aliphatic carbocycles. The van der Waals surface area contributed by atoms with Crippen molar-refractivity contribution >= 4 is 12.3 Å². The molecule has 0 saturated carbocycles. The fourth-order valence-electron chi connectivity index (χ4n) is 1.94. The number of rotatable bonds is 7. The van der Waals surface area contributed by atoms with Gasteiger partial charge in [-0.25, -0.2) is 0 Å². The van der Waals surface area contributed by atoms with Crippen LogP contribution in [0.2, 0.25) is 0 Å². The molecule has 0 atom stereocenters. The standard InChI is InChI=1S/C17H16O4.C2H6/c18-11-1-2-13-3-7-15(8-4-13)21-16-9-5-14(6-10-16)12-17(19)20;1-2/h3-11H,1-2,12H2,(H,19,20);1-2H3. The third-order valence-corrected chi connectivity index (χ3v) is 2.99. The van der Waals surface area contributed by atoms with Crippen LogP contribution in [0.25, 0.3) is 0 Å². The van der Waals surface area contributed by atoms with E-state index in [9.17, 15) is 9.59 Å². The maximum atomic E-state index is 10.6. The molecular formula is C19H22O4. The monoisotopic (exact) mass is 314 g/mol. The zero-order chi connectivity index (χ0) is 17.1. The SMILES string of the molecule is CC.O=CCCc1ccc(Oc2ccc(CC(=O)O)cc2)cc1. The molecule has 2 aromatic rings. The van der Waals surface area contributed by atoms with Crippen molar-refractivity contribution in [1.82, 2.24) is 0 Å². The molecule has 122 valence electrons. The number of carbonyl (C=O) groups is 2. The smallest absolute Gasteiger partial charge is 0.307 e. The van der Waals surface area contributed by atoms with Gasteiger partial charge < -0.3 is 14.6 Å². The maximum absolute atomic E-state index is 10.6. The van der Waals surface area contributed by atoms with Crippen LogP contribution in [0, 0.1) is 0 Å². The number of benzene rings is 2. The lowest BCUT2D eigenvalue weighted by Crippen LogP contribution is -1.99. The molecule has 0 aromatic heterocycles. The van der Waals surface area contributed by atoms with Crippen LogP contribution in [0.4, 0.5) is 0 Å². The van der Waals surface area contributed by atoms with Gasteiger partial charge in [0.15, 0.2) is 0 Å². The van der Waals surface area contributed by atoms with Gasteiger partial charge in [-0.1, -0.05) is 38.1 Å². The van der Waals surface area contributed by atoms with Gasteiger partial charge in [-0.05, 0) is 41.8 Å². The highest BCUT2D eigenvalue weighted by Gasteiger charge is 2.02. The van der Waals surface area contributed by atoms with Crippen molar-refractivity contribution < 1.29 is 19.4 Å². The number of aliphatic carboxylic acids is 1. The average molecular weight is 314 g/mol. The first kappa shape index (κ1) is 18.4. The van der Waals surface area contributed by atoms with Crippen LogP contribution in [0.3, 0.4) is 0 Å². The van der Waals surface area contributed by atoms with Gasteiger partial charge >= 0.3 is 5.97 Å². The second-order valence-electron chi connectivity index (χ2n) is 4.67. The first-order valence-corrected chi connectivity index (χ1v) is 7.68. The zero-order valence-electron chi connectivity index (χ0n) is 13.5. The molecule has 0 bridgehead atoms. The largest absolute Gasteiger partial charge is 0.481 e. The summed E-state index contributed by atoms with van der Waals surface area (Å²) in [6.45, 7) is 4.00. The second-order valence-corrected chi connectivity index (χ2v) is 4.67. The first-order valence-electron chi connectivity index (χ1n) is 7.68. The Hall–Kier alpha value is -2.62. The Kier molecular flexibility index (Phi) is 8.14. The fraction of sp³-hybridized carbons (Fsp3) is 0.263. The molecule has 23 heavy (non-hydrogen) atoms. The summed E-state index contributed by atoms with van der Waals surface area (Å²) in [5, 5.41) is 8.71. The molecule has 1 N–H and O–H groups in total. The van der Waals surface area contributed by atoms with E-state index in [1.54, 1.807) is 24.3 Å². The van der Waals surface area contributed by atoms with Crippen LogP contribution in [0.5, 0.6) is 11.5 Å². The van der Waals surface area contributed by atoms with E-state index in [-0.39, 0.29) is 6.42 Å². The summed E-state index contributed by atoms with van der Waals surface area (Å²) in [6, 6.07) is 14.5. The highest BCUT2D eigenvalue weighted by atomic mass is 16.5. The Morgan fingerprint density at radius 1 is 0.957 bits per heavy atom. The number of aldehydes is 1. The highest BCUT2D eigenvalue weighted by Crippen LogP contribution is 2.22. The molecule has 0 saturated heterocycles. The van der Waals surface area contributed by atoms with Crippen molar-refractivity contribution in [1.29, 1.82) is 0 Å². The molecular weight excluding hydrogens is 292 g/mol. The minimum Gasteiger partial charge on any atom is -0.481 e. The minimum atomic E-state index is -0.852. The molecule has 2 rings (SSSR count). The van der Waals surface area contributed by atoms with E-state index in [2.05, 4.69) is 0 Å². The molecule has 0 amide bonds. The zero-order valence-corrected chi connectivity index (χ0v) is 13.5. The summed E-state index contributed by atoms with van der Waals surface area (Å²) in [5.41, 5.74) is 1.82. The second kappa shape index (κ2) is 10.2. The Morgan fingerprint density at radius 2 is 1.43 bits per heavy atom. The number of ether oxygens (including phenoxy) is 1. The Morgan fingerprint density at radius 3 is 1.87 bits per heavy atom. The van der Waals surface area contributed by atoms with Crippen molar-refractivity contribution in [3.63, 3.8) is 0 Å². The number of hydrogen-bond donors (Lipinski definition) is 1. The van der Waals surface area contributed by atoms with E-state index >= 15 is 0 Å². The van der Waals surface area contributed by atoms with Crippen LogP contribution >= 0.6 is 0 Å². The normalized spacial score (nSPS) is 9.48. The quantitative estimate of drug-likeness (QED) is 0.775. The van der Waals surface area contributed by atoms with Crippen LogP contribution in [-0.2, 0) is 22.4 Å². The lowest BCUT2D eigenvalue weighted by Gasteiger charge is -2.07. The van der Waals surface area contributed by atoms with E-state index < -0.39 is 5.97 Å². The molecule has 2 aromatic carbocycles. The van der Waals surface area contributed by atoms with Gasteiger partial charge in [-0.3, -0.25) is 4.79 Å². The molecule has 0 aliphatic rings. The van der Waals surface area contributed by atoms with Crippen LogP contribution in [-0.4, -0.2) is 17.4 Å². The summed E-state index contributed by atoms with van der Waals surface area (Å²) < 4.78 is 5.68. The third kappa shape index (κ3) is 6.78. The van der Waals surface area contributed by atoms with Crippen LogP contribution in [0.1, 0.15) is 31.4 Å². The van der Waals surface area contributed by atoms with Crippen molar-refractivity contribution in [2.24, 2.45) is 0 Å². The molecule has 4 nitrogen and oxygen atoms in total. The van der Waals surface area contributed by atoms with Gasteiger partial charge in [0.05, 0.1) is 6.42 Å². The Labute approximate surface area is 136 Å². The molecule has 0 radical (unpaired) electrons. The molecule has 0 heterocycles. The van der Waals surface area contributed by atoms with Gasteiger partial charge in [0.1, 0.15) is 17.8 Å². The van der Waals surface area contributed by atoms with E-state index in [0.717, 1.165) is 23.8 Å². The summed E-state index contributed by atoms with van der Waals surface area (Å²) in [7, 11) is 0.